The minimum Gasteiger partial charge on any atom is -0.478 e. The molecule has 0 spiro atoms. The Morgan fingerprint density at radius 2 is 1.88 bits per heavy atom. The van der Waals surface area contributed by atoms with Crippen LogP contribution in [0.3, 0.4) is 0 Å². The molecule has 17 heavy (non-hydrogen) atoms. The molecule has 0 amide bonds. The van der Waals surface area contributed by atoms with Crippen molar-refractivity contribution in [2.75, 3.05) is 13.9 Å². The number of hydrogen-bond donors (Lipinski definition) is 1. The number of hydrogen-bond acceptors (Lipinski definition) is 3. The maximum Gasteiger partial charge on any atom is 0.339 e. The van der Waals surface area contributed by atoms with E-state index in [4.69, 9.17) is 14.6 Å². The topological polar surface area (TPSA) is 55.8 Å². The van der Waals surface area contributed by atoms with Gasteiger partial charge in [-0.15, -0.1) is 0 Å². The second kappa shape index (κ2) is 4.84. The van der Waals surface area contributed by atoms with Gasteiger partial charge in [0.05, 0.1) is 0 Å². The Balaban J connectivity index is 2.54. The summed E-state index contributed by atoms with van der Waals surface area (Å²) in [6.45, 7) is 0.0264. The lowest BCUT2D eigenvalue weighted by Crippen LogP contribution is -2.05. The third-order valence-corrected chi connectivity index (χ3v) is 2.41. The molecule has 4 nitrogen and oxygen atoms in total. The summed E-state index contributed by atoms with van der Waals surface area (Å²) in [5.41, 5.74) is 0.140. The molecular weight excluding hydrogens is 220 g/mol. The lowest BCUT2D eigenvalue weighted by Gasteiger charge is -2.09. The van der Waals surface area contributed by atoms with Gasteiger partial charge in [0.25, 0.3) is 0 Å². The molecule has 2 aromatic carbocycles. The fourth-order valence-electron chi connectivity index (χ4n) is 1.63. The monoisotopic (exact) mass is 232 g/mol. The van der Waals surface area contributed by atoms with Crippen LogP contribution in [0, 0.1) is 0 Å². The van der Waals surface area contributed by atoms with Gasteiger partial charge in [0.1, 0.15) is 11.3 Å². The number of carboxylic acids is 1. The van der Waals surface area contributed by atoms with Gasteiger partial charge >= 0.3 is 5.97 Å². The van der Waals surface area contributed by atoms with Crippen LogP contribution < -0.4 is 4.74 Å². The van der Waals surface area contributed by atoms with E-state index in [9.17, 15) is 4.79 Å². The quantitative estimate of drug-likeness (QED) is 0.823. The SMILES string of the molecule is COCOc1cc2ccccc2cc1C(=O)O. The normalized spacial score (nSPS) is 10.4. The van der Waals surface area contributed by atoms with E-state index >= 15 is 0 Å². The Hall–Kier alpha value is -2.07. The molecule has 2 aromatic rings. The van der Waals surface area contributed by atoms with Gasteiger partial charge in [-0.2, -0.15) is 0 Å². The average Bonchev–Trinajstić information content (AvgIpc) is 2.35. The summed E-state index contributed by atoms with van der Waals surface area (Å²) >= 11 is 0. The molecule has 0 aliphatic carbocycles. The zero-order valence-corrected chi connectivity index (χ0v) is 9.34. The number of benzene rings is 2. The molecule has 0 saturated heterocycles. The summed E-state index contributed by atoms with van der Waals surface area (Å²) < 4.78 is 10.0. The number of aromatic carboxylic acids is 1. The van der Waals surface area contributed by atoms with Crippen molar-refractivity contribution < 1.29 is 19.4 Å². The van der Waals surface area contributed by atoms with E-state index in [0.29, 0.717) is 5.75 Å². The van der Waals surface area contributed by atoms with Gasteiger partial charge in [-0.1, -0.05) is 24.3 Å². The van der Waals surface area contributed by atoms with Crippen molar-refractivity contribution in [1.29, 1.82) is 0 Å². The van der Waals surface area contributed by atoms with Crippen LogP contribution in [0.2, 0.25) is 0 Å². The minimum atomic E-state index is -1.01. The molecule has 1 N–H and O–H groups in total. The number of carboxylic acid groups (broad SMARTS) is 1. The van der Waals surface area contributed by atoms with Crippen molar-refractivity contribution in [3.63, 3.8) is 0 Å². The highest BCUT2D eigenvalue weighted by atomic mass is 16.7. The van der Waals surface area contributed by atoms with Crippen LogP contribution >= 0.6 is 0 Å². The molecule has 0 aliphatic heterocycles. The number of methoxy groups -OCH3 is 1. The van der Waals surface area contributed by atoms with Gasteiger partial charge in [0.2, 0.25) is 0 Å². The van der Waals surface area contributed by atoms with Gasteiger partial charge in [0, 0.05) is 7.11 Å². The van der Waals surface area contributed by atoms with E-state index in [1.807, 2.05) is 24.3 Å². The molecule has 0 unspecified atom stereocenters. The Morgan fingerprint density at radius 3 is 2.47 bits per heavy atom. The molecule has 2 rings (SSSR count). The minimum absolute atomic E-state index is 0.0264. The van der Waals surface area contributed by atoms with E-state index in [1.54, 1.807) is 12.1 Å². The van der Waals surface area contributed by atoms with Crippen molar-refractivity contribution in [3.05, 3.63) is 42.0 Å². The third-order valence-electron chi connectivity index (χ3n) is 2.41. The lowest BCUT2D eigenvalue weighted by atomic mass is 10.1. The van der Waals surface area contributed by atoms with E-state index < -0.39 is 5.97 Å². The van der Waals surface area contributed by atoms with Crippen molar-refractivity contribution in [2.24, 2.45) is 0 Å². The van der Waals surface area contributed by atoms with Gasteiger partial charge < -0.3 is 14.6 Å². The van der Waals surface area contributed by atoms with Gasteiger partial charge in [0.15, 0.2) is 6.79 Å². The predicted molar refractivity (Wildman–Crippen MR) is 63.4 cm³/mol. The van der Waals surface area contributed by atoms with Crippen molar-refractivity contribution in [2.45, 2.75) is 0 Å². The summed E-state index contributed by atoms with van der Waals surface area (Å²) in [5.74, 6) is -0.695. The highest BCUT2D eigenvalue weighted by molar-refractivity contribution is 5.97. The van der Waals surface area contributed by atoms with E-state index in [1.165, 1.54) is 7.11 Å². The number of ether oxygens (including phenoxy) is 2. The predicted octanol–water partition coefficient (Wildman–Crippen LogP) is 2.52. The fraction of sp³-hybridized carbons (Fsp3) is 0.154. The first-order chi connectivity index (χ1) is 8.22. The van der Waals surface area contributed by atoms with Crippen LogP contribution in [0.4, 0.5) is 0 Å². The van der Waals surface area contributed by atoms with Crippen molar-refractivity contribution in [3.8, 4) is 5.75 Å². The second-order valence-electron chi connectivity index (χ2n) is 3.55. The summed E-state index contributed by atoms with van der Waals surface area (Å²) in [7, 11) is 1.49. The molecule has 0 aliphatic rings. The summed E-state index contributed by atoms with van der Waals surface area (Å²) in [6, 6.07) is 10.8. The van der Waals surface area contributed by atoms with Crippen LogP contribution in [-0.2, 0) is 4.74 Å². The largest absolute Gasteiger partial charge is 0.478 e. The van der Waals surface area contributed by atoms with Gasteiger partial charge in [-0.3, -0.25) is 0 Å². The molecular formula is C13H12O4. The van der Waals surface area contributed by atoms with Gasteiger partial charge in [-0.05, 0) is 22.9 Å². The molecule has 0 fully saturated rings. The summed E-state index contributed by atoms with van der Waals surface area (Å²) in [6.07, 6.45) is 0. The number of carbonyl (C=O) groups is 1. The summed E-state index contributed by atoms with van der Waals surface area (Å²) in [5, 5.41) is 10.9. The molecule has 88 valence electrons. The average molecular weight is 232 g/mol. The fourth-order valence-corrected chi connectivity index (χ4v) is 1.63. The molecule has 4 heteroatoms. The first-order valence-electron chi connectivity index (χ1n) is 5.10. The molecule has 0 saturated carbocycles. The Kier molecular flexibility index (Phi) is 3.25. The number of rotatable bonds is 4. The van der Waals surface area contributed by atoms with E-state index in [2.05, 4.69) is 0 Å². The van der Waals surface area contributed by atoms with Crippen LogP contribution in [0.5, 0.6) is 5.75 Å². The second-order valence-corrected chi connectivity index (χ2v) is 3.55. The third kappa shape index (κ3) is 2.37. The smallest absolute Gasteiger partial charge is 0.339 e. The molecule has 0 atom stereocenters. The standard InChI is InChI=1S/C13H12O4/c1-16-8-17-12-7-10-5-3-2-4-9(10)6-11(12)13(14)15/h2-7H,8H2,1H3,(H,14,15). The maximum atomic E-state index is 11.1. The van der Waals surface area contributed by atoms with E-state index in [-0.39, 0.29) is 12.4 Å². The van der Waals surface area contributed by atoms with Crippen LogP contribution in [0.1, 0.15) is 10.4 Å². The first-order valence-corrected chi connectivity index (χ1v) is 5.10. The number of fused-ring (bicyclic) bond motifs is 1. The Bertz CT molecular complexity index is 548. The maximum absolute atomic E-state index is 11.1. The van der Waals surface area contributed by atoms with Gasteiger partial charge in [-0.25, -0.2) is 4.79 Å². The highest BCUT2D eigenvalue weighted by Gasteiger charge is 2.12. The molecule has 0 radical (unpaired) electrons. The highest BCUT2D eigenvalue weighted by Crippen LogP contribution is 2.26. The van der Waals surface area contributed by atoms with Crippen LogP contribution in [-0.4, -0.2) is 25.0 Å². The van der Waals surface area contributed by atoms with Crippen molar-refractivity contribution >= 4 is 16.7 Å². The molecule has 0 heterocycles. The Labute approximate surface area is 98.4 Å². The zero-order chi connectivity index (χ0) is 12.3. The summed E-state index contributed by atoms with van der Waals surface area (Å²) in [4.78, 5) is 11.1. The zero-order valence-electron chi connectivity index (χ0n) is 9.34. The Morgan fingerprint density at radius 1 is 1.24 bits per heavy atom. The van der Waals surface area contributed by atoms with Crippen LogP contribution in [0.15, 0.2) is 36.4 Å². The van der Waals surface area contributed by atoms with Crippen molar-refractivity contribution in [1.82, 2.24) is 0 Å². The van der Waals surface area contributed by atoms with E-state index in [0.717, 1.165) is 10.8 Å². The first kappa shape index (κ1) is 11.4. The lowest BCUT2D eigenvalue weighted by molar-refractivity contribution is 0.0485. The molecule has 0 aromatic heterocycles. The molecule has 0 bridgehead atoms. The van der Waals surface area contributed by atoms with Crippen LogP contribution in [0.25, 0.3) is 10.8 Å².